The summed E-state index contributed by atoms with van der Waals surface area (Å²) in [4.78, 5) is 15.8. The molecule has 0 aliphatic rings. The van der Waals surface area contributed by atoms with Crippen LogP contribution in [0.25, 0.3) is 0 Å². The van der Waals surface area contributed by atoms with Gasteiger partial charge in [-0.15, -0.1) is 5.10 Å². The molecule has 1 aromatic carbocycles. The van der Waals surface area contributed by atoms with E-state index in [1.807, 2.05) is 12.1 Å². The number of benzene rings is 1. The molecule has 0 saturated heterocycles. The molecule has 2 rings (SSSR count). The average molecular weight is 299 g/mol. The maximum absolute atomic E-state index is 11.4. The van der Waals surface area contributed by atoms with Crippen LogP contribution in [-0.4, -0.2) is 27.5 Å². The van der Waals surface area contributed by atoms with Crippen molar-refractivity contribution in [2.75, 3.05) is 17.2 Å². The van der Waals surface area contributed by atoms with Crippen molar-refractivity contribution in [3.05, 3.63) is 36.0 Å². The summed E-state index contributed by atoms with van der Waals surface area (Å²) in [5.74, 6) is 1.13. The molecule has 6 nitrogen and oxygen atoms in total. The molecule has 2 aromatic rings. The van der Waals surface area contributed by atoms with Gasteiger partial charge in [0.25, 0.3) is 0 Å². The fraction of sp³-hybridized carbons (Fsp3) is 0.375. The molecule has 0 aliphatic carbocycles. The zero-order valence-electron chi connectivity index (χ0n) is 13.0. The minimum atomic E-state index is 0.0303. The molecule has 0 bridgehead atoms. The van der Waals surface area contributed by atoms with Crippen molar-refractivity contribution in [2.45, 2.75) is 33.1 Å². The Morgan fingerprint density at radius 3 is 2.91 bits per heavy atom. The number of aromatic nitrogens is 3. The van der Waals surface area contributed by atoms with E-state index in [4.69, 9.17) is 0 Å². The smallest absolute Gasteiger partial charge is 0.244 e. The third-order valence-electron chi connectivity index (χ3n) is 3.16. The van der Waals surface area contributed by atoms with Crippen molar-refractivity contribution in [3.8, 4) is 0 Å². The molecule has 0 saturated carbocycles. The first-order valence-corrected chi connectivity index (χ1v) is 7.50. The van der Waals surface area contributed by atoms with Crippen LogP contribution in [0.15, 0.2) is 30.5 Å². The number of Topliss-reactive ketones (excluding diaryl/α,β-unsaturated/α-hetero) is 1. The van der Waals surface area contributed by atoms with Crippen LogP contribution in [0.4, 0.5) is 17.5 Å². The number of hydrogen-bond acceptors (Lipinski definition) is 6. The van der Waals surface area contributed by atoms with E-state index in [0.29, 0.717) is 17.3 Å². The van der Waals surface area contributed by atoms with Crippen LogP contribution < -0.4 is 10.6 Å². The van der Waals surface area contributed by atoms with Crippen LogP contribution in [0.3, 0.4) is 0 Å². The van der Waals surface area contributed by atoms with Gasteiger partial charge in [0.05, 0.1) is 6.20 Å². The largest absolute Gasteiger partial charge is 0.353 e. The van der Waals surface area contributed by atoms with Gasteiger partial charge < -0.3 is 10.6 Å². The van der Waals surface area contributed by atoms with E-state index in [0.717, 1.165) is 18.7 Å². The second-order valence-corrected chi connectivity index (χ2v) is 5.06. The quantitative estimate of drug-likeness (QED) is 0.574. The number of rotatable bonds is 8. The molecule has 1 heterocycles. The Morgan fingerprint density at radius 1 is 1.27 bits per heavy atom. The van der Waals surface area contributed by atoms with Crippen molar-refractivity contribution in [1.29, 1.82) is 0 Å². The van der Waals surface area contributed by atoms with Crippen molar-refractivity contribution < 1.29 is 4.79 Å². The molecular formula is C16H21N5O. The standard InChI is InChI=1S/C16H21N5O/c1-3-4-5-9-17-16-20-15(11-18-21-16)19-14-8-6-7-13(10-14)12(2)22/h6-8,10-11H,3-5,9H2,1-2H3,(H2,17,19,20,21). The molecule has 0 atom stereocenters. The molecule has 0 spiro atoms. The normalized spacial score (nSPS) is 10.3. The highest BCUT2D eigenvalue weighted by atomic mass is 16.1. The Bertz CT molecular complexity index is 629. The number of hydrogen-bond donors (Lipinski definition) is 2. The predicted molar refractivity (Wildman–Crippen MR) is 87.6 cm³/mol. The van der Waals surface area contributed by atoms with E-state index in [1.165, 1.54) is 12.8 Å². The Labute approximate surface area is 130 Å². The number of anilines is 3. The predicted octanol–water partition coefficient (Wildman–Crippen LogP) is 3.42. The number of unbranched alkanes of at least 4 members (excludes halogenated alkanes) is 2. The van der Waals surface area contributed by atoms with Crippen molar-refractivity contribution in [2.24, 2.45) is 0 Å². The summed E-state index contributed by atoms with van der Waals surface area (Å²) in [5.41, 5.74) is 1.45. The van der Waals surface area contributed by atoms with Crippen molar-refractivity contribution in [1.82, 2.24) is 15.2 Å². The van der Waals surface area contributed by atoms with Crippen LogP contribution >= 0.6 is 0 Å². The van der Waals surface area contributed by atoms with Crippen LogP contribution in [0.5, 0.6) is 0 Å². The second kappa shape index (κ2) is 8.07. The van der Waals surface area contributed by atoms with Gasteiger partial charge in [0.15, 0.2) is 11.6 Å². The SMILES string of the molecule is CCCCCNc1nncc(Nc2cccc(C(C)=O)c2)n1. The summed E-state index contributed by atoms with van der Waals surface area (Å²) >= 11 is 0. The fourth-order valence-electron chi connectivity index (χ4n) is 1.98. The molecule has 0 radical (unpaired) electrons. The van der Waals surface area contributed by atoms with Crippen LogP contribution in [0.2, 0.25) is 0 Å². The van der Waals surface area contributed by atoms with Gasteiger partial charge in [-0.3, -0.25) is 4.79 Å². The van der Waals surface area contributed by atoms with Crippen molar-refractivity contribution >= 4 is 23.2 Å². The van der Waals surface area contributed by atoms with Crippen LogP contribution in [-0.2, 0) is 0 Å². The molecule has 0 fully saturated rings. The summed E-state index contributed by atoms with van der Waals surface area (Å²) in [6, 6.07) is 7.28. The number of nitrogens with zero attached hydrogens (tertiary/aromatic N) is 3. The maximum Gasteiger partial charge on any atom is 0.244 e. The fourth-order valence-corrected chi connectivity index (χ4v) is 1.98. The first kappa shape index (κ1) is 15.9. The summed E-state index contributed by atoms with van der Waals surface area (Å²) in [5, 5.41) is 14.2. The van der Waals surface area contributed by atoms with Gasteiger partial charge in [0, 0.05) is 17.8 Å². The first-order chi connectivity index (χ1) is 10.7. The maximum atomic E-state index is 11.4. The Kier molecular flexibility index (Phi) is 5.82. The van der Waals surface area contributed by atoms with E-state index in [1.54, 1.807) is 25.3 Å². The van der Waals surface area contributed by atoms with Gasteiger partial charge in [-0.05, 0) is 25.5 Å². The van der Waals surface area contributed by atoms with Gasteiger partial charge in [0.2, 0.25) is 5.95 Å². The average Bonchev–Trinajstić information content (AvgIpc) is 2.52. The highest BCUT2D eigenvalue weighted by Gasteiger charge is 2.03. The lowest BCUT2D eigenvalue weighted by Crippen LogP contribution is -2.07. The Morgan fingerprint density at radius 2 is 2.14 bits per heavy atom. The van der Waals surface area contributed by atoms with Gasteiger partial charge in [-0.2, -0.15) is 10.1 Å². The summed E-state index contributed by atoms with van der Waals surface area (Å²) in [6.45, 7) is 4.54. The highest BCUT2D eigenvalue weighted by Crippen LogP contribution is 2.16. The molecule has 0 aliphatic heterocycles. The lowest BCUT2D eigenvalue weighted by atomic mass is 10.1. The van der Waals surface area contributed by atoms with Crippen LogP contribution in [0.1, 0.15) is 43.5 Å². The monoisotopic (exact) mass is 299 g/mol. The summed E-state index contributed by atoms with van der Waals surface area (Å²) in [6.07, 6.45) is 4.99. The molecule has 22 heavy (non-hydrogen) atoms. The molecule has 1 aromatic heterocycles. The lowest BCUT2D eigenvalue weighted by Gasteiger charge is -2.08. The van der Waals surface area contributed by atoms with Gasteiger partial charge in [-0.1, -0.05) is 31.9 Å². The Balaban J connectivity index is 2.00. The number of carbonyl (C=O) groups is 1. The third-order valence-corrected chi connectivity index (χ3v) is 3.16. The number of ketones is 1. The highest BCUT2D eigenvalue weighted by molar-refractivity contribution is 5.95. The minimum Gasteiger partial charge on any atom is -0.353 e. The minimum absolute atomic E-state index is 0.0303. The third kappa shape index (κ3) is 4.80. The van der Waals surface area contributed by atoms with E-state index in [9.17, 15) is 4.79 Å². The zero-order valence-corrected chi connectivity index (χ0v) is 13.0. The summed E-state index contributed by atoms with van der Waals surface area (Å²) in [7, 11) is 0. The molecule has 0 amide bonds. The van der Waals surface area contributed by atoms with Gasteiger partial charge in [0.1, 0.15) is 0 Å². The Hall–Kier alpha value is -2.50. The van der Waals surface area contributed by atoms with Gasteiger partial charge >= 0.3 is 0 Å². The zero-order chi connectivity index (χ0) is 15.8. The van der Waals surface area contributed by atoms with Crippen molar-refractivity contribution in [3.63, 3.8) is 0 Å². The van der Waals surface area contributed by atoms with E-state index >= 15 is 0 Å². The topological polar surface area (TPSA) is 79.8 Å². The number of carbonyl (C=O) groups excluding carboxylic acids is 1. The molecular weight excluding hydrogens is 278 g/mol. The molecule has 116 valence electrons. The lowest BCUT2D eigenvalue weighted by molar-refractivity contribution is 0.101. The van der Waals surface area contributed by atoms with Gasteiger partial charge in [-0.25, -0.2) is 0 Å². The van der Waals surface area contributed by atoms with E-state index in [-0.39, 0.29) is 5.78 Å². The van der Waals surface area contributed by atoms with Crippen LogP contribution in [0, 0.1) is 0 Å². The first-order valence-electron chi connectivity index (χ1n) is 7.50. The summed E-state index contributed by atoms with van der Waals surface area (Å²) < 4.78 is 0. The van der Waals surface area contributed by atoms with E-state index < -0.39 is 0 Å². The number of nitrogens with one attached hydrogen (secondary N) is 2. The molecule has 2 N–H and O–H groups in total. The second-order valence-electron chi connectivity index (χ2n) is 5.06. The molecule has 0 unspecified atom stereocenters. The molecule has 6 heteroatoms. The van der Waals surface area contributed by atoms with E-state index in [2.05, 4.69) is 32.7 Å².